The average Bonchev–Trinajstić information content (AvgIpc) is 2.06. The molecule has 1 aromatic heterocycles. The molecule has 0 radical (unpaired) electrons. The van der Waals surface area contributed by atoms with Gasteiger partial charge in [0.25, 0.3) is 0 Å². The van der Waals surface area contributed by atoms with Gasteiger partial charge < -0.3 is 8.60 Å². The van der Waals surface area contributed by atoms with Crippen molar-refractivity contribution in [1.29, 1.82) is 0 Å². The maximum absolute atomic E-state index is 11.1. The van der Waals surface area contributed by atoms with Crippen molar-refractivity contribution in [2.45, 2.75) is 13.3 Å². The summed E-state index contributed by atoms with van der Waals surface area (Å²) in [6.45, 7) is 1.65. The van der Waals surface area contributed by atoms with E-state index in [0.717, 1.165) is 12.3 Å². The monoisotopic (exact) mass is 220 g/mol. The van der Waals surface area contributed by atoms with E-state index in [1.54, 1.807) is 6.92 Å². The van der Waals surface area contributed by atoms with Gasteiger partial charge in [0.2, 0.25) is 11.2 Å². The average molecular weight is 220 g/mol. The number of aryl methyl sites for hydroxylation is 1. The summed E-state index contributed by atoms with van der Waals surface area (Å²) in [6.07, 6.45) is 1.40. The van der Waals surface area contributed by atoms with Crippen LogP contribution in [0, 0.1) is 0 Å². The molecule has 1 aromatic rings. The SMILES string of the molecule is CCc1occc(=O)c1OS(=O)(=O)O. The largest absolute Gasteiger partial charge is 0.465 e. The fraction of sp³-hybridized carbons (Fsp3) is 0.286. The second kappa shape index (κ2) is 3.81. The van der Waals surface area contributed by atoms with Gasteiger partial charge in [0.1, 0.15) is 0 Å². The normalized spacial score (nSPS) is 11.3. The number of rotatable bonds is 3. The van der Waals surface area contributed by atoms with E-state index in [-0.39, 0.29) is 12.2 Å². The first-order valence-corrected chi connectivity index (χ1v) is 5.08. The predicted octanol–water partition coefficient (Wildman–Crippen LogP) is 0.384. The fourth-order valence-corrected chi connectivity index (χ4v) is 1.27. The Balaban J connectivity index is 3.25. The Bertz CT molecular complexity index is 471. The van der Waals surface area contributed by atoms with Gasteiger partial charge in [0.05, 0.1) is 6.26 Å². The van der Waals surface area contributed by atoms with Crippen LogP contribution in [0.15, 0.2) is 21.5 Å². The highest BCUT2D eigenvalue weighted by Gasteiger charge is 2.15. The van der Waals surface area contributed by atoms with Gasteiger partial charge in [-0.3, -0.25) is 9.35 Å². The van der Waals surface area contributed by atoms with Crippen molar-refractivity contribution in [2.75, 3.05) is 0 Å². The van der Waals surface area contributed by atoms with E-state index in [1.807, 2.05) is 0 Å². The molecule has 0 spiro atoms. The van der Waals surface area contributed by atoms with Crippen molar-refractivity contribution < 1.29 is 21.6 Å². The van der Waals surface area contributed by atoms with Crippen LogP contribution in [-0.2, 0) is 16.8 Å². The smallest absolute Gasteiger partial charge is 0.446 e. The van der Waals surface area contributed by atoms with Crippen molar-refractivity contribution >= 4 is 10.4 Å². The van der Waals surface area contributed by atoms with E-state index < -0.39 is 21.6 Å². The first kappa shape index (κ1) is 10.7. The molecule has 6 nitrogen and oxygen atoms in total. The second-order valence-electron chi connectivity index (χ2n) is 2.40. The summed E-state index contributed by atoms with van der Waals surface area (Å²) in [5.41, 5.74) is -0.661. The second-order valence-corrected chi connectivity index (χ2v) is 3.42. The molecule has 0 aromatic carbocycles. The summed E-state index contributed by atoms with van der Waals surface area (Å²) >= 11 is 0. The lowest BCUT2D eigenvalue weighted by Gasteiger charge is -2.03. The van der Waals surface area contributed by atoms with E-state index >= 15 is 0 Å². The Kier molecular flexibility index (Phi) is 2.92. The summed E-state index contributed by atoms with van der Waals surface area (Å²) < 4.78 is 38.0. The van der Waals surface area contributed by atoms with Crippen LogP contribution in [0.2, 0.25) is 0 Å². The van der Waals surface area contributed by atoms with Gasteiger partial charge in [-0.15, -0.1) is 0 Å². The van der Waals surface area contributed by atoms with Gasteiger partial charge in [-0.2, -0.15) is 8.42 Å². The standard InChI is InChI=1S/C7H8O6S/c1-2-6-7(13-14(9,10)11)5(8)3-4-12-6/h3-4H,2H2,1H3,(H,9,10,11). The first-order valence-electron chi connectivity index (χ1n) is 3.71. The first-order chi connectivity index (χ1) is 6.44. The molecule has 0 fully saturated rings. The zero-order valence-corrected chi connectivity index (χ0v) is 8.08. The van der Waals surface area contributed by atoms with E-state index in [1.165, 1.54) is 0 Å². The van der Waals surface area contributed by atoms with Crippen molar-refractivity contribution in [1.82, 2.24) is 0 Å². The summed E-state index contributed by atoms with van der Waals surface area (Å²) in [5, 5.41) is 0. The Hall–Kier alpha value is -1.34. The maximum Gasteiger partial charge on any atom is 0.446 e. The van der Waals surface area contributed by atoms with Crippen LogP contribution in [-0.4, -0.2) is 13.0 Å². The highest BCUT2D eigenvalue weighted by atomic mass is 32.3. The van der Waals surface area contributed by atoms with Crippen LogP contribution in [0.3, 0.4) is 0 Å². The van der Waals surface area contributed by atoms with Crippen LogP contribution < -0.4 is 9.61 Å². The van der Waals surface area contributed by atoms with Crippen LogP contribution in [0.5, 0.6) is 5.75 Å². The predicted molar refractivity (Wildman–Crippen MR) is 46.5 cm³/mol. The van der Waals surface area contributed by atoms with Crippen LogP contribution in [0.4, 0.5) is 0 Å². The summed E-state index contributed by atoms with van der Waals surface area (Å²) in [6, 6.07) is 1.000. The number of hydrogen-bond donors (Lipinski definition) is 1. The van der Waals surface area contributed by atoms with Gasteiger partial charge in [0, 0.05) is 12.5 Å². The molecule has 0 bridgehead atoms. The molecule has 0 aliphatic carbocycles. The van der Waals surface area contributed by atoms with Gasteiger partial charge >= 0.3 is 10.4 Å². The molecular formula is C7H8O6S. The van der Waals surface area contributed by atoms with E-state index in [4.69, 9.17) is 8.97 Å². The topological polar surface area (TPSA) is 93.8 Å². The minimum absolute atomic E-state index is 0.0649. The molecule has 7 heteroatoms. The van der Waals surface area contributed by atoms with E-state index in [9.17, 15) is 13.2 Å². The third kappa shape index (κ3) is 2.57. The molecular weight excluding hydrogens is 212 g/mol. The lowest BCUT2D eigenvalue weighted by molar-refractivity contribution is 0.369. The highest BCUT2D eigenvalue weighted by molar-refractivity contribution is 7.81. The Morgan fingerprint density at radius 3 is 2.71 bits per heavy atom. The summed E-state index contributed by atoms with van der Waals surface area (Å²) in [5.74, 6) is -0.437. The van der Waals surface area contributed by atoms with Crippen LogP contribution in [0.25, 0.3) is 0 Å². The van der Waals surface area contributed by atoms with Crippen molar-refractivity contribution in [2.24, 2.45) is 0 Å². The molecule has 0 aliphatic heterocycles. The van der Waals surface area contributed by atoms with Crippen LogP contribution >= 0.6 is 0 Å². The Morgan fingerprint density at radius 2 is 2.21 bits per heavy atom. The zero-order chi connectivity index (χ0) is 10.8. The van der Waals surface area contributed by atoms with Gasteiger partial charge in [-0.1, -0.05) is 6.92 Å². The van der Waals surface area contributed by atoms with Crippen LogP contribution in [0.1, 0.15) is 12.7 Å². The van der Waals surface area contributed by atoms with Gasteiger partial charge in [-0.25, -0.2) is 0 Å². The molecule has 0 saturated heterocycles. The highest BCUT2D eigenvalue weighted by Crippen LogP contribution is 2.14. The van der Waals surface area contributed by atoms with E-state index in [0.29, 0.717) is 0 Å². The molecule has 0 atom stereocenters. The van der Waals surface area contributed by atoms with Gasteiger partial charge in [0.15, 0.2) is 5.76 Å². The number of hydrogen-bond acceptors (Lipinski definition) is 5. The van der Waals surface area contributed by atoms with E-state index in [2.05, 4.69) is 4.18 Å². The third-order valence-electron chi connectivity index (χ3n) is 1.42. The molecule has 1 heterocycles. The lowest BCUT2D eigenvalue weighted by Crippen LogP contribution is -2.15. The molecule has 0 amide bonds. The molecule has 0 saturated carbocycles. The molecule has 1 rings (SSSR count). The third-order valence-corrected chi connectivity index (χ3v) is 1.79. The minimum atomic E-state index is -4.69. The zero-order valence-electron chi connectivity index (χ0n) is 7.26. The molecule has 0 unspecified atom stereocenters. The molecule has 14 heavy (non-hydrogen) atoms. The summed E-state index contributed by atoms with van der Waals surface area (Å²) in [4.78, 5) is 11.1. The molecule has 78 valence electrons. The molecule has 1 N–H and O–H groups in total. The maximum atomic E-state index is 11.1. The van der Waals surface area contributed by atoms with Crippen molar-refractivity contribution in [3.8, 4) is 5.75 Å². The Morgan fingerprint density at radius 1 is 1.57 bits per heavy atom. The quantitative estimate of drug-likeness (QED) is 0.740. The van der Waals surface area contributed by atoms with Crippen molar-refractivity contribution in [3.63, 3.8) is 0 Å². The lowest BCUT2D eigenvalue weighted by atomic mass is 10.3. The van der Waals surface area contributed by atoms with Crippen molar-refractivity contribution in [3.05, 3.63) is 28.3 Å². The Labute approximate surface area is 80.1 Å². The van der Waals surface area contributed by atoms with Gasteiger partial charge in [-0.05, 0) is 0 Å². The minimum Gasteiger partial charge on any atom is -0.465 e. The summed E-state index contributed by atoms with van der Waals surface area (Å²) in [7, 11) is -4.69. The molecule has 0 aliphatic rings. The fourth-order valence-electron chi connectivity index (χ4n) is 0.881.